The number of amides is 1. The smallest absolute Gasteiger partial charge is 0.272 e. The van der Waals surface area contributed by atoms with Gasteiger partial charge in [0.05, 0.1) is 4.92 Å². The molecule has 0 bridgehead atoms. The zero-order valence-corrected chi connectivity index (χ0v) is 14.8. The van der Waals surface area contributed by atoms with Gasteiger partial charge in [0.2, 0.25) is 0 Å². The predicted octanol–water partition coefficient (Wildman–Crippen LogP) is 3.33. The molecule has 132 valence electrons. The first-order valence-corrected chi connectivity index (χ1v) is 8.98. The molecule has 0 aliphatic rings. The Hall–Kier alpha value is -2.54. The standard InChI is InChI=1S/C18H20N2O4S/c1-14-11-16(7-8-17(14)20(22)23)24-12-18(21)19-9-10-25-13-15-5-3-2-4-6-15/h2-8,11H,9-10,12-13H2,1H3,(H,19,21). The summed E-state index contributed by atoms with van der Waals surface area (Å²) in [5.74, 6) is 1.96. The third-order valence-electron chi connectivity index (χ3n) is 3.42. The van der Waals surface area contributed by atoms with E-state index >= 15 is 0 Å². The highest BCUT2D eigenvalue weighted by Gasteiger charge is 2.11. The van der Waals surface area contributed by atoms with E-state index in [1.807, 2.05) is 18.2 Å². The molecule has 1 amide bonds. The monoisotopic (exact) mass is 360 g/mol. The highest BCUT2D eigenvalue weighted by Crippen LogP contribution is 2.22. The molecular weight excluding hydrogens is 340 g/mol. The van der Waals surface area contributed by atoms with Crippen molar-refractivity contribution in [2.75, 3.05) is 18.9 Å². The summed E-state index contributed by atoms with van der Waals surface area (Å²) in [6.07, 6.45) is 0. The molecule has 0 radical (unpaired) electrons. The lowest BCUT2D eigenvalue weighted by Crippen LogP contribution is -2.30. The van der Waals surface area contributed by atoms with Crippen LogP contribution < -0.4 is 10.1 Å². The van der Waals surface area contributed by atoms with E-state index in [2.05, 4.69) is 17.4 Å². The number of nitrogens with one attached hydrogen (secondary N) is 1. The molecule has 2 rings (SSSR count). The van der Waals surface area contributed by atoms with Gasteiger partial charge in [-0.25, -0.2) is 0 Å². The number of carbonyl (C=O) groups is 1. The lowest BCUT2D eigenvalue weighted by atomic mass is 10.2. The number of ether oxygens (including phenoxy) is 1. The lowest BCUT2D eigenvalue weighted by molar-refractivity contribution is -0.385. The van der Waals surface area contributed by atoms with Gasteiger partial charge in [-0.05, 0) is 24.6 Å². The summed E-state index contributed by atoms with van der Waals surface area (Å²) in [6, 6.07) is 14.6. The SMILES string of the molecule is Cc1cc(OCC(=O)NCCSCc2ccccc2)ccc1[N+](=O)[O-]. The molecule has 2 aromatic rings. The van der Waals surface area contributed by atoms with E-state index in [1.165, 1.54) is 17.7 Å². The molecule has 1 N–H and O–H groups in total. The molecule has 0 aliphatic heterocycles. The summed E-state index contributed by atoms with van der Waals surface area (Å²) in [4.78, 5) is 22.1. The average molecular weight is 360 g/mol. The van der Waals surface area contributed by atoms with Crippen molar-refractivity contribution < 1.29 is 14.5 Å². The van der Waals surface area contributed by atoms with Crippen molar-refractivity contribution in [1.29, 1.82) is 0 Å². The normalized spacial score (nSPS) is 10.3. The van der Waals surface area contributed by atoms with Crippen molar-refractivity contribution in [1.82, 2.24) is 5.32 Å². The Morgan fingerprint density at radius 2 is 2.00 bits per heavy atom. The Morgan fingerprint density at radius 1 is 1.24 bits per heavy atom. The number of thioether (sulfide) groups is 1. The van der Waals surface area contributed by atoms with E-state index in [0.29, 0.717) is 17.9 Å². The third-order valence-corrected chi connectivity index (χ3v) is 4.45. The molecule has 0 heterocycles. The quantitative estimate of drug-likeness (QED) is 0.421. The van der Waals surface area contributed by atoms with Crippen LogP contribution in [0.4, 0.5) is 5.69 Å². The van der Waals surface area contributed by atoms with Gasteiger partial charge in [0.15, 0.2) is 6.61 Å². The topological polar surface area (TPSA) is 81.5 Å². The molecule has 0 unspecified atom stereocenters. The van der Waals surface area contributed by atoms with Crippen LogP contribution >= 0.6 is 11.8 Å². The minimum absolute atomic E-state index is 0.0345. The molecule has 2 aromatic carbocycles. The Balaban J connectivity index is 1.64. The fraction of sp³-hybridized carbons (Fsp3) is 0.278. The summed E-state index contributed by atoms with van der Waals surface area (Å²) < 4.78 is 5.37. The molecule has 0 saturated heterocycles. The fourth-order valence-electron chi connectivity index (χ4n) is 2.15. The van der Waals surface area contributed by atoms with Gasteiger partial charge in [0.25, 0.3) is 11.6 Å². The zero-order valence-electron chi connectivity index (χ0n) is 13.9. The molecular formula is C18H20N2O4S. The first-order valence-electron chi connectivity index (χ1n) is 7.82. The molecule has 0 aliphatic carbocycles. The van der Waals surface area contributed by atoms with Crippen molar-refractivity contribution in [3.63, 3.8) is 0 Å². The number of nitro benzene ring substituents is 1. The van der Waals surface area contributed by atoms with Crippen molar-refractivity contribution in [3.8, 4) is 5.75 Å². The Kier molecular flexibility index (Phi) is 7.28. The molecule has 0 saturated carbocycles. The molecule has 0 atom stereocenters. The van der Waals surface area contributed by atoms with Gasteiger partial charge >= 0.3 is 0 Å². The van der Waals surface area contributed by atoms with Gasteiger partial charge in [-0.2, -0.15) is 11.8 Å². The highest BCUT2D eigenvalue weighted by molar-refractivity contribution is 7.98. The number of aryl methyl sites for hydroxylation is 1. The third kappa shape index (κ3) is 6.46. The lowest BCUT2D eigenvalue weighted by Gasteiger charge is -2.08. The minimum atomic E-state index is -0.446. The van der Waals surface area contributed by atoms with Crippen LogP contribution in [0.1, 0.15) is 11.1 Å². The van der Waals surface area contributed by atoms with Crippen LogP contribution in [0.25, 0.3) is 0 Å². The Morgan fingerprint density at radius 3 is 2.68 bits per heavy atom. The van der Waals surface area contributed by atoms with Crippen LogP contribution in [0.15, 0.2) is 48.5 Å². The molecule has 0 spiro atoms. The van der Waals surface area contributed by atoms with Gasteiger partial charge in [0, 0.05) is 29.7 Å². The number of benzene rings is 2. The van der Waals surface area contributed by atoms with Gasteiger partial charge in [-0.15, -0.1) is 0 Å². The van der Waals surface area contributed by atoms with Crippen molar-refractivity contribution in [2.24, 2.45) is 0 Å². The number of carbonyl (C=O) groups excluding carboxylic acids is 1. The van der Waals surface area contributed by atoms with Gasteiger partial charge in [0.1, 0.15) is 5.75 Å². The van der Waals surface area contributed by atoms with Crippen LogP contribution in [-0.4, -0.2) is 29.7 Å². The Labute approximate surface area is 150 Å². The summed E-state index contributed by atoms with van der Waals surface area (Å²) in [5, 5.41) is 13.6. The number of hydrogen-bond donors (Lipinski definition) is 1. The second-order valence-electron chi connectivity index (χ2n) is 5.38. The van der Waals surface area contributed by atoms with Gasteiger partial charge in [-0.3, -0.25) is 14.9 Å². The van der Waals surface area contributed by atoms with Gasteiger partial charge in [-0.1, -0.05) is 30.3 Å². The zero-order chi connectivity index (χ0) is 18.1. The maximum atomic E-state index is 11.8. The summed E-state index contributed by atoms with van der Waals surface area (Å²) in [5.41, 5.74) is 1.79. The van der Waals surface area contributed by atoms with E-state index < -0.39 is 4.92 Å². The second-order valence-corrected chi connectivity index (χ2v) is 6.49. The number of hydrogen-bond acceptors (Lipinski definition) is 5. The average Bonchev–Trinajstić information content (AvgIpc) is 2.60. The molecule has 7 heteroatoms. The maximum absolute atomic E-state index is 11.8. The largest absolute Gasteiger partial charge is 0.484 e. The minimum Gasteiger partial charge on any atom is -0.484 e. The van der Waals surface area contributed by atoms with Crippen LogP contribution in [0.5, 0.6) is 5.75 Å². The predicted molar refractivity (Wildman–Crippen MR) is 98.9 cm³/mol. The number of nitrogens with zero attached hydrogens (tertiary/aromatic N) is 1. The molecule has 0 aromatic heterocycles. The summed E-state index contributed by atoms with van der Waals surface area (Å²) in [7, 11) is 0. The first-order chi connectivity index (χ1) is 12.1. The summed E-state index contributed by atoms with van der Waals surface area (Å²) >= 11 is 1.75. The Bertz CT molecular complexity index is 722. The van der Waals surface area contributed by atoms with Crippen LogP contribution in [0.3, 0.4) is 0 Å². The van der Waals surface area contributed by atoms with Crippen molar-refractivity contribution in [2.45, 2.75) is 12.7 Å². The van der Waals surface area contributed by atoms with Gasteiger partial charge < -0.3 is 10.1 Å². The van der Waals surface area contributed by atoms with E-state index in [-0.39, 0.29) is 18.2 Å². The highest BCUT2D eigenvalue weighted by atomic mass is 32.2. The van der Waals surface area contributed by atoms with Crippen LogP contribution in [0.2, 0.25) is 0 Å². The molecule has 6 nitrogen and oxygen atoms in total. The summed E-state index contributed by atoms with van der Waals surface area (Å²) in [6.45, 7) is 2.09. The van der Waals surface area contributed by atoms with E-state index in [0.717, 1.165) is 11.5 Å². The maximum Gasteiger partial charge on any atom is 0.272 e. The van der Waals surface area contributed by atoms with Crippen LogP contribution in [0, 0.1) is 17.0 Å². The van der Waals surface area contributed by atoms with E-state index in [4.69, 9.17) is 4.74 Å². The second kappa shape index (κ2) is 9.68. The first kappa shape index (κ1) is 18.8. The number of rotatable bonds is 9. The van der Waals surface area contributed by atoms with Crippen molar-refractivity contribution >= 4 is 23.4 Å². The fourth-order valence-corrected chi connectivity index (χ4v) is 2.97. The van der Waals surface area contributed by atoms with E-state index in [9.17, 15) is 14.9 Å². The van der Waals surface area contributed by atoms with Crippen LogP contribution in [-0.2, 0) is 10.5 Å². The molecule has 0 fully saturated rings. The molecule has 25 heavy (non-hydrogen) atoms. The van der Waals surface area contributed by atoms with Crippen molar-refractivity contribution in [3.05, 3.63) is 69.8 Å². The number of nitro groups is 1. The van der Waals surface area contributed by atoms with E-state index in [1.54, 1.807) is 24.8 Å².